The van der Waals surface area contributed by atoms with Gasteiger partial charge in [0.25, 0.3) is 10.7 Å². The molecule has 1 aromatic heterocycles. The van der Waals surface area contributed by atoms with Gasteiger partial charge < -0.3 is 0 Å². The van der Waals surface area contributed by atoms with Crippen molar-refractivity contribution in [2.45, 2.75) is 36.2 Å². The van der Waals surface area contributed by atoms with Gasteiger partial charge in [-0.15, -0.1) is 0 Å². The number of nitrogens with one attached hydrogen (secondary N) is 1. The van der Waals surface area contributed by atoms with E-state index >= 15 is 0 Å². The van der Waals surface area contributed by atoms with E-state index in [1.807, 2.05) is 6.07 Å². The van der Waals surface area contributed by atoms with Crippen LogP contribution in [0.3, 0.4) is 0 Å². The van der Waals surface area contributed by atoms with E-state index in [2.05, 4.69) is 4.98 Å². The number of rotatable bonds is 3. The summed E-state index contributed by atoms with van der Waals surface area (Å²) in [5.74, 6) is -0.269. The van der Waals surface area contributed by atoms with E-state index in [4.69, 9.17) is 0 Å². The number of aromatic amines is 1. The van der Waals surface area contributed by atoms with Crippen LogP contribution in [0.15, 0.2) is 29.3 Å². The number of hydrogen-bond donors (Lipinski definition) is 0. The van der Waals surface area contributed by atoms with Crippen LogP contribution in [0.5, 0.6) is 0 Å². The number of nitriles is 1. The van der Waals surface area contributed by atoms with E-state index in [0.29, 0.717) is 30.4 Å². The number of hydrogen-bond acceptors (Lipinski definition) is 2. The average Bonchev–Trinajstić information content (AvgIpc) is 3.01. The predicted molar refractivity (Wildman–Crippen MR) is 80.7 cm³/mol. The lowest BCUT2D eigenvalue weighted by atomic mass is 10.0. The summed E-state index contributed by atoms with van der Waals surface area (Å²) in [6, 6.07) is 8.10. The third-order valence-corrected chi connectivity index (χ3v) is 5.06. The smallest absolute Gasteiger partial charge is 0.207 e. The van der Waals surface area contributed by atoms with Gasteiger partial charge in [-0.2, -0.15) is 23.4 Å². The van der Waals surface area contributed by atoms with Crippen LogP contribution in [0, 0.1) is 17.1 Å². The van der Waals surface area contributed by atoms with Gasteiger partial charge in [0.15, 0.2) is 0 Å². The molecule has 0 radical (unpaired) electrons. The van der Waals surface area contributed by atoms with Gasteiger partial charge >= 0.3 is 6.18 Å². The molecule has 0 unspecified atom stereocenters. The highest BCUT2D eigenvalue weighted by molar-refractivity contribution is 7.98. The van der Waals surface area contributed by atoms with Gasteiger partial charge in [-0.3, -0.25) is 0 Å². The zero-order valence-electron chi connectivity index (χ0n) is 12.5. The lowest BCUT2D eigenvalue weighted by Crippen LogP contribution is -2.27. The highest BCUT2D eigenvalue weighted by Gasteiger charge is 2.44. The Bertz CT molecular complexity index is 825. The molecule has 0 atom stereocenters. The number of nitrogens with zero attached hydrogens (tertiary/aromatic N) is 1. The molecule has 1 aliphatic rings. The summed E-state index contributed by atoms with van der Waals surface area (Å²) in [5.41, 5.74) is 0.504. The zero-order chi connectivity index (χ0) is 17.3. The number of pyridine rings is 1. The van der Waals surface area contributed by atoms with E-state index < -0.39 is 17.7 Å². The van der Waals surface area contributed by atoms with Crippen molar-refractivity contribution >= 4 is 11.8 Å². The van der Waals surface area contributed by atoms with Crippen molar-refractivity contribution in [3.8, 4) is 6.07 Å². The highest BCUT2D eigenvalue weighted by atomic mass is 32.2. The molecule has 0 amide bonds. The topological polar surface area (TPSA) is 37.9 Å². The molecule has 3 rings (SSSR count). The molecule has 0 saturated heterocycles. The van der Waals surface area contributed by atoms with Crippen LogP contribution < -0.4 is 4.98 Å². The molecule has 24 heavy (non-hydrogen) atoms. The lowest BCUT2D eigenvalue weighted by molar-refractivity contribution is -0.467. The van der Waals surface area contributed by atoms with Gasteiger partial charge in [-0.1, -0.05) is 30.0 Å². The van der Waals surface area contributed by atoms with E-state index in [9.17, 15) is 22.8 Å². The van der Waals surface area contributed by atoms with Crippen LogP contribution >= 0.6 is 11.8 Å². The molecule has 124 valence electrons. The monoisotopic (exact) mass is 353 g/mol. The molecule has 1 N–H and O–H groups in total. The average molecular weight is 353 g/mol. The Hall–Kier alpha value is -2.07. The van der Waals surface area contributed by atoms with Gasteiger partial charge in [0.05, 0.1) is 0 Å². The Labute approximate surface area is 140 Å². The largest absolute Gasteiger partial charge is 0.477 e. The van der Waals surface area contributed by atoms with Crippen molar-refractivity contribution in [3.63, 3.8) is 0 Å². The minimum absolute atomic E-state index is 0.147. The first-order valence-corrected chi connectivity index (χ1v) is 8.35. The molecule has 1 heterocycles. The van der Waals surface area contributed by atoms with E-state index in [-0.39, 0.29) is 21.9 Å². The second-order valence-corrected chi connectivity index (χ2v) is 6.49. The van der Waals surface area contributed by atoms with Crippen LogP contribution in [0.4, 0.5) is 17.6 Å². The third-order valence-electron chi connectivity index (χ3n) is 4.01. The quantitative estimate of drug-likeness (QED) is 0.609. The van der Waals surface area contributed by atoms with Crippen LogP contribution in [0.25, 0.3) is 0 Å². The first-order valence-electron chi connectivity index (χ1n) is 7.36. The first-order chi connectivity index (χ1) is 11.4. The summed E-state index contributed by atoms with van der Waals surface area (Å²) in [5, 5.41) is 9.54. The van der Waals surface area contributed by atoms with Crippen molar-refractivity contribution in [1.29, 1.82) is 5.26 Å². The van der Waals surface area contributed by atoms with Crippen molar-refractivity contribution in [2.24, 2.45) is 0 Å². The molecule has 2 nitrogen and oxygen atoms in total. The van der Waals surface area contributed by atoms with Crippen LogP contribution in [-0.4, -0.2) is 0 Å². The molecule has 0 fully saturated rings. The second-order valence-electron chi connectivity index (χ2n) is 5.50. The number of thioether (sulfide) groups is 1. The minimum Gasteiger partial charge on any atom is -0.207 e. The molecular weight excluding hydrogens is 340 g/mol. The van der Waals surface area contributed by atoms with Crippen molar-refractivity contribution in [1.82, 2.24) is 0 Å². The van der Waals surface area contributed by atoms with Gasteiger partial charge in [0.1, 0.15) is 17.4 Å². The van der Waals surface area contributed by atoms with Gasteiger partial charge in [0, 0.05) is 11.3 Å². The molecule has 2 aromatic rings. The Morgan fingerprint density at radius 2 is 1.88 bits per heavy atom. The summed E-state index contributed by atoms with van der Waals surface area (Å²) in [4.78, 5) is 2.39. The molecule has 0 spiro atoms. The fourth-order valence-corrected chi connectivity index (χ4v) is 3.94. The van der Waals surface area contributed by atoms with Crippen LogP contribution in [0.1, 0.15) is 34.4 Å². The van der Waals surface area contributed by atoms with Crippen molar-refractivity contribution in [3.05, 3.63) is 58.0 Å². The Morgan fingerprint density at radius 3 is 2.54 bits per heavy atom. The molecule has 1 aromatic carbocycles. The number of halogens is 4. The molecular formula is C17H13F4N2S+. The third kappa shape index (κ3) is 3.11. The van der Waals surface area contributed by atoms with Gasteiger partial charge in [-0.05, 0) is 36.5 Å². The minimum atomic E-state index is -4.50. The number of H-pyrrole nitrogens is 1. The maximum atomic E-state index is 13.7. The van der Waals surface area contributed by atoms with E-state index in [1.54, 1.807) is 18.2 Å². The van der Waals surface area contributed by atoms with Crippen LogP contribution in [0.2, 0.25) is 0 Å². The number of benzene rings is 1. The second kappa shape index (κ2) is 6.44. The van der Waals surface area contributed by atoms with Crippen molar-refractivity contribution in [2.75, 3.05) is 0 Å². The molecule has 0 bridgehead atoms. The zero-order valence-corrected chi connectivity index (χ0v) is 13.3. The summed E-state index contributed by atoms with van der Waals surface area (Å²) in [6.07, 6.45) is -3.13. The van der Waals surface area contributed by atoms with Crippen molar-refractivity contribution < 1.29 is 22.5 Å². The summed E-state index contributed by atoms with van der Waals surface area (Å²) in [7, 11) is 0. The highest BCUT2D eigenvalue weighted by Crippen LogP contribution is 2.38. The normalized spacial score (nSPS) is 13.6. The molecule has 0 aliphatic heterocycles. The fraction of sp³-hybridized carbons (Fsp3) is 0.294. The Kier molecular flexibility index (Phi) is 4.50. The predicted octanol–water partition coefficient (Wildman–Crippen LogP) is 4.31. The summed E-state index contributed by atoms with van der Waals surface area (Å²) >= 11 is 1.02. The summed E-state index contributed by atoms with van der Waals surface area (Å²) < 4.78 is 53.6. The Balaban J connectivity index is 2.01. The molecule has 1 aliphatic carbocycles. The van der Waals surface area contributed by atoms with Crippen LogP contribution in [-0.2, 0) is 24.8 Å². The first kappa shape index (κ1) is 16.8. The maximum absolute atomic E-state index is 13.7. The molecule has 0 saturated carbocycles. The lowest BCUT2D eigenvalue weighted by Gasteiger charge is -2.10. The SMILES string of the molecule is N#Cc1c(SCc2ccccc2F)[nH+]c(C(F)(F)F)c2c1CCC2. The summed E-state index contributed by atoms with van der Waals surface area (Å²) in [6.45, 7) is 0. The number of aromatic nitrogens is 1. The fourth-order valence-electron chi connectivity index (χ4n) is 2.92. The van der Waals surface area contributed by atoms with E-state index in [1.165, 1.54) is 6.07 Å². The standard InChI is InChI=1S/C17H12F4N2S/c18-14-7-2-1-4-10(14)9-24-16-13(8-22)11-5-3-6-12(11)15(23-16)17(19,20)21/h1-2,4,7H,3,5-6,9H2/p+1. The number of alkyl halides is 3. The van der Waals surface area contributed by atoms with E-state index in [0.717, 1.165) is 11.8 Å². The molecule has 7 heteroatoms. The van der Waals surface area contributed by atoms with Gasteiger partial charge in [0.2, 0.25) is 0 Å². The number of fused-ring (bicyclic) bond motifs is 1. The Morgan fingerprint density at radius 1 is 1.17 bits per heavy atom. The maximum Gasteiger partial charge on any atom is 0.477 e. The van der Waals surface area contributed by atoms with Gasteiger partial charge in [-0.25, -0.2) is 4.39 Å².